The third-order valence-corrected chi connectivity index (χ3v) is 9.88. The maximum atomic E-state index is 14.1. The number of ketones is 1. The van der Waals surface area contributed by atoms with Gasteiger partial charge in [0.15, 0.2) is 5.78 Å². The molecule has 3 aromatic carbocycles. The summed E-state index contributed by atoms with van der Waals surface area (Å²) in [5, 5.41) is 0. The minimum atomic E-state index is -0.281. The molecule has 0 radical (unpaired) electrons. The van der Waals surface area contributed by atoms with Crippen LogP contribution in [0.4, 0.5) is 5.69 Å². The zero-order chi connectivity index (χ0) is 34.3. The maximum Gasteiger partial charge on any atom is 0.269 e. The summed E-state index contributed by atoms with van der Waals surface area (Å²) in [6.45, 7) is 8.87. The molecule has 1 aliphatic heterocycles. The number of hydrogen-bond acceptors (Lipinski definition) is 7. The van der Waals surface area contributed by atoms with E-state index in [1.165, 1.54) is 11.3 Å². The summed E-state index contributed by atoms with van der Waals surface area (Å²) >= 11 is 1.35. The third kappa shape index (κ3) is 7.22. The molecule has 1 unspecified atom stereocenters. The zero-order valence-electron chi connectivity index (χ0n) is 28.1. The number of carbonyl (C=O) groups is 1. The number of Topliss-reactive ketones (excluding diaryl/α,β-unsaturated/α-hetero) is 1. The Hall–Kier alpha value is -5.02. The first kappa shape index (κ1) is 33.9. The predicted octanol–water partition coefficient (Wildman–Crippen LogP) is 6.06. The fourth-order valence-electron chi connectivity index (χ4n) is 6.31. The van der Waals surface area contributed by atoms with Crippen LogP contribution in [0.25, 0.3) is 17.2 Å². The second-order valence-electron chi connectivity index (χ2n) is 11.9. The minimum Gasteiger partial charge on any atom is -0.462 e. The quantitative estimate of drug-likeness (QED) is 0.171. The van der Waals surface area contributed by atoms with Crippen LogP contribution in [0.15, 0.2) is 126 Å². The second-order valence-corrected chi connectivity index (χ2v) is 12.9. The van der Waals surface area contributed by atoms with Gasteiger partial charge in [0.25, 0.3) is 5.56 Å². The number of benzene rings is 3. The summed E-state index contributed by atoms with van der Waals surface area (Å²) in [5.74, 6) is 0.952. The van der Waals surface area contributed by atoms with Gasteiger partial charge in [0.1, 0.15) is 20.7 Å². The molecule has 0 saturated carbocycles. The molecule has 0 N–H and O–H groups in total. The second kappa shape index (κ2) is 15.5. The molecule has 0 saturated heterocycles. The lowest BCUT2D eigenvalue weighted by Gasteiger charge is -2.24. The van der Waals surface area contributed by atoms with E-state index in [9.17, 15) is 9.59 Å². The number of methoxy groups -OCH3 is 2. The van der Waals surface area contributed by atoms with Crippen LogP contribution >= 0.6 is 11.3 Å². The molecule has 0 fully saturated rings. The number of aromatic nitrogens is 1. The van der Waals surface area contributed by atoms with Crippen LogP contribution in [0.1, 0.15) is 39.9 Å². The van der Waals surface area contributed by atoms with E-state index in [1.807, 2.05) is 85.8 Å². The Kier molecular flexibility index (Phi) is 10.7. The fraction of sp³-hybridized carbons (Fsp3) is 0.220. The molecule has 8 heteroatoms. The first-order valence-corrected chi connectivity index (χ1v) is 17.1. The average Bonchev–Trinajstić information content (AvgIpc) is 3.60. The Labute approximate surface area is 290 Å². The average molecular weight is 673 g/mol. The molecule has 250 valence electrons. The van der Waals surface area contributed by atoms with Gasteiger partial charge >= 0.3 is 0 Å². The Morgan fingerprint density at radius 2 is 1.59 bits per heavy atom. The van der Waals surface area contributed by atoms with E-state index in [2.05, 4.69) is 35.7 Å². The molecule has 0 amide bonds. The third-order valence-electron chi connectivity index (χ3n) is 8.63. The van der Waals surface area contributed by atoms with Crippen molar-refractivity contribution in [3.63, 3.8) is 0 Å². The van der Waals surface area contributed by atoms with Crippen LogP contribution in [0, 0.1) is 0 Å². The maximum absolute atomic E-state index is 14.1. The predicted molar refractivity (Wildman–Crippen MR) is 198 cm³/mol. The van der Waals surface area contributed by atoms with Crippen LogP contribution in [0.2, 0.25) is 0 Å². The van der Waals surface area contributed by atoms with Crippen molar-refractivity contribution in [3.05, 3.63) is 163 Å². The fourth-order valence-corrected chi connectivity index (χ4v) is 7.52. The molecule has 1 atom stereocenters. The Morgan fingerprint density at radius 3 is 2.29 bits per heavy atom. The first-order valence-electron chi connectivity index (χ1n) is 16.3. The molecule has 1 aliphatic carbocycles. The molecule has 2 heterocycles. The van der Waals surface area contributed by atoms with E-state index in [0.29, 0.717) is 45.1 Å². The van der Waals surface area contributed by atoms with E-state index >= 15 is 0 Å². The topological polar surface area (TPSA) is 70.0 Å². The van der Waals surface area contributed by atoms with Gasteiger partial charge in [-0.3, -0.25) is 14.2 Å². The number of allylic oxidation sites excluding steroid dienone is 5. The van der Waals surface area contributed by atoms with E-state index in [0.717, 1.165) is 41.0 Å². The molecule has 49 heavy (non-hydrogen) atoms. The van der Waals surface area contributed by atoms with Gasteiger partial charge in [-0.2, -0.15) is 0 Å². The van der Waals surface area contributed by atoms with Crippen molar-refractivity contribution in [1.29, 1.82) is 0 Å². The lowest BCUT2D eigenvalue weighted by molar-refractivity contribution is 0.105. The van der Waals surface area contributed by atoms with Gasteiger partial charge in [0.05, 0.1) is 13.2 Å². The molecule has 0 spiro atoms. The monoisotopic (exact) mass is 672 g/mol. The first-order chi connectivity index (χ1) is 23.9. The van der Waals surface area contributed by atoms with Gasteiger partial charge < -0.3 is 19.1 Å². The van der Waals surface area contributed by atoms with Crippen molar-refractivity contribution in [2.24, 2.45) is 0 Å². The number of ether oxygens (including phenoxy) is 3. The van der Waals surface area contributed by atoms with Crippen molar-refractivity contribution in [2.45, 2.75) is 19.4 Å². The van der Waals surface area contributed by atoms with Crippen LogP contribution in [-0.4, -0.2) is 50.9 Å². The smallest absolute Gasteiger partial charge is 0.269 e. The molecule has 0 bridgehead atoms. The Balaban J connectivity index is 1.41. The minimum absolute atomic E-state index is 0.0514. The zero-order valence-corrected chi connectivity index (χ0v) is 28.9. The molecule has 1 aromatic heterocycles. The number of nitrogens with zero attached hydrogens (tertiary/aromatic N) is 2. The standard InChI is InChI=1S/C41H40N2O5S/c1-5-21-43-40(45)39(49-41(43)37-36(30-11-7-6-8-12-30)34-13-9-10-14-35(34)38(37)44)31-26-28(2)48-33(27-31)20-17-29-15-18-32(19-16-29)42(22-24-46-3)23-25-47-4/h5-20,26-27,36H,1,21-25H2,2-4H3. The summed E-state index contributed by atoms with van der Waals surface area (Å²) in [6, 6.07) is 26.0. The summed E-state index contributed by atoms with van der Waals surface area (Å²) < 4.78 is 19.5. The highest BCUT2D eigenvalue weighted by molar-refractivity contribution is 7.07. The van der Waals surface area contributed by atoms with Crippen LogP contribution < -0.4 is 19.7 Å². The van der Waals surface area contributed by atoms with E-state index in [-0.39, 0.29) is 23.8 Å². The molecule has 7 nitrogen and oxygen atoms in total. The molecule has 4 aromatic rings. The SMILES string of the molecule is C=CCn1c(=C2C(=O)c3ccccc3C2c2ccccc2)sc(=C2C=C(C)OC(C=Cc3ccc(N(CCOC)CCOC)cc3)=C2)c1=O. The van der Waals surface area contributed by atoms with Crippen molar-refractivity contribution < 1.29 is 19.0 Å². The summed E-state index contributed by atoms with van der Waals surface area (Å²) in [6.07, 6.45) is 9.36. The Bertz CT molecular complexity index is 2110. The number of thiazole rings is 1. The molecule has 6 rings (SSSR count). The number of rotatable bonds is 12. The van der Waals surface area contributed by atoms with Gasteiger partial charge in [-0.15, -0.1) is 17.9 Å². The van der Waals surface area contributed by atoms with Gasteiger partial charge in [-0.05, 0) is 54.0 Å². The van der Waals surface area contributed by atoms with Crippen molar-refractivity contribution >= 4 is 40.0 Å². The lowest BCUT2D eigenvalue weighted by atomic mass is 9.90. The summed E-state index contributed by atoms with van der Waals surface area (Å²) in [4.78, 5) is 30.4. The van der Waals surface area contributed by atoms with Crippen molar-refractivity contribution in [3.8, 4) is 0 Å². The highest BCUT2D eigenvalue weighted by atomic mass is 32.1. The highest BCUT2D eigenvalue weighted by Crippen LogP contribution is 2.42. The summed E-state index contributed by atoms with van der Waals surface area (Å²) in [7, 11) is 3.41. The van der Waals surface area contributed by atoms with E-state index in [4.69, 9.17) is 14.2 Å². The number of hydrogen-bond donors (Lipinski definition) is 0. The number of carbonyl (C=O) groups excluding carboxylic acids is 1. The van der Waals surface area contributed by atoms with E-state index < -0.39 is 0 Å². The summed E-state index contributed by atoms with van der Waals surface area (Å²) in [5.41, 5.74) is 5.93. The largest absolute Gasteiger partial charge is 0.462 e. The van der Waals surface area contributed by atoms with Gasteiger partial charge in [-0.1, -0.05) is 78.9 Å². The number of fused-ring (bicyclic) bond motifs is 1. The highest BCUT2D eigenvalue weighted by Gasteiger charge is 2.37. The van der Waals surface area contributed by atoms with Crippen LogP contribution in [0.3, 0.4) is 0 Å². The lowest BCUT2D eigenvalue weighted by Crippen LogP contribution is -2.33. The van der Waals surface area contributed by atoms with E-state index in [1.54, 1.807) is 24.9 Å². The molecular formula is C41H40N2O5S. The number of anilines is 1. The van der Waals surface area contributed by atoms with Crippen LogP contribution in [-0.2, 0) is 20.8 Å². The molecule has 2 aliphatic rings. The van der Waals surface area contributed by atoms with Gasteiger partial charge in [0, 0.05) is 62.2 Å². The van der Waals surface area contributed by atoms with Crippen molar-refractivity contribution in [2.75, 3.05) is 45.4 Å². The Morgan fingerprint density at radius 1 is 0.898 bits per heavy atom. The molecular weight excluding hydrogens is 633 g/mol. The normalized spacial score (nSPS) is 17.9. The van der Waals surface area contributed by atoms with Gasteiger partial charge in [-0.25, -0.2) is 0 Å². The van der Waals surface area contributed by atoms with Gasteiger partial charge in [0.2, 0.25) is 0 Å². The van der Waals surface area contributed by atoms with Crippen LogP contribution in [0.5, 0.6) is 0 Å². The van der Waals surface area contributed by atoms with Crippen molar-refractivity contribution in [1.82, 2.24) is 4.57 Å².